The predicted molar refractivity (Wildman–Crippen MR) is 212 cm³/mol. The number of rotatable bonds is 12. The Hall–Kier alpha value is -5.45. The van der Waals surface area contributed by atoms with E-state index in [4.69, 9.17) is 21.1 Å². The van der Waals surface area contributed by atoms with E-state index >= 15 is 0 Å². The van der Waals surface area contributed by atoms with Crippen molar-refractivity contribution in [3.63, 3.8) is 0 Å². The van der Waals surface area contributed by atoms with Gasteiger partial charge in [0.2, 0.25) is 11.8 Å². The number of piperazine rings is 1. The summed E-state index contributed by atoms with van der Waals surface area (Å²) in [6.45, 7) is 13.0. The van der Waals surface area contributed by atoms with Gasteiger partial charge in [-0.15, -0.1) is 0 Å². The number of imide groups is 2. The molecule has 3 aliphatic heterocycles. The molecule has 0 aromatic heterocycles. The average Bonchev–Trinajstić information content (AvgIpc) is 3.43. The SMILES string of the molecule is CC1(C)C(NC(=O)c2ccccc2N2CCN(CCCCOc3ccc4c(c3)C(=O)N(C3CCC(=O)NC3=O)C4=O)CC2)C(C)(C)C1Oc1ccc(C#N)c(Cl)c1. The first-order chi connectivity index (χ1) is 27.2. The number of para-hydroxylation sites is 1. The smallest absolute Gasteiger partial charge is 0.262 e. The molecule has 14 heteroatoms. The summed E-state index contributed by atoms with van der Waals surface area (Å²) >= 11 is 6.27. The van der Waals surface area contributed by atoms with Gasteiger partial charge in [-0.25, -0.2) is 0 Å². The number of hydrogen-bond acceptors (Lipinski definition) is 10. The number of ether oxygens (including phenoxy) is 2. The lowest BCUT2D eigenvalue weighted by Gasteiger charge is -2.63. The van der Waals surface area contributed by atoms with E-state index in [1.165, 1.54) is 0 Å². The van der Waals surface area contributed by atoms with Crippen LogP contribution in [0, 0.1) is 22.2 Å². The van der Waals surface area contributed by atoms with Crippen molar-refractivity contribution < 1.29 is 33.4 Å². The maximum atomic E-state index is 13.9. The highest BCUT2D eigenvalue weighted by Crippen LogP contribution is 2.55. The van der Waals surface area contributed by atoms with Gasteiger partial charge in [0.15, 0.2) is 0 Å². The second-order valence-corrected chi connectivity index (χ2v) is 16.8. The number of nitrogens with zero attached hydrogens (tertiary/aromatic N) is 4. The molecule has 0 bridgehead atoms. The number of anilines is 1. The van der Waals surface area contributed by atoms with Crippen molar-refractivity contribution in [2.24, 2.45) is 10.8 Å². The number of carbonyl (C=O) groups excluding carboxylic acids is 5. The first kappa shape index (κ1) is 39.8. The summed E-state index contributed by atoms with van der Waals surface area (Å²) in [5.41, 5.74) is 1.59. The Morgan fingerprint density at radius 3 is 2.32 bits per heavy atom. The number of nitrogens with one attached hydrogen (secondary N) is 2. The topological polar surface area (TPSA) is 161 Å². The van der Waals surface area contributed by atoms with Crippen LogP contribution in [-0.2, 0) is 9.59 Å². The third-order valence-corrected chi connectivity index (χ3v) is 12.2. The van der Waals surface area contributed by atoms with E-state index in [-0.39, 0.29) is 52.9 Å². The molecule has 0 radical (unpaired) electrons. The predicted octanol–water partition coefficient (Wildman–Crippen LogP) is 5.21. The number of carbonyl (C=O) groups is 5. The molecule has 3 aromatic rings. The molecule has 3 heterocycles. The number of fused-ring (bicyclic) bond motifs is 1. The van der Waals surface area contributed by atoms with Crippen LogP contribution in [0.1, 0.15) is 90.0 Å². The highest BCUT2D eigenvalue weighted by atomic mass is 35.5. The normalized spacial score (nSPS) is 22.6. The number of halogens is 1. The van der Waals surface area contributed by atoms with Gasteiger partial charge in [0.05, 0.1) is 33.9 Å². The van der Waals surface area contributed by atoms with E-state index in [0.29, 0.717) is 34.3 Å². The standard InChI is InChI=1S/C43H47ClN6O7/c1-42(2)40(43(3,4)41(42)57-28-12-11-26(25-45)32(44)24-28)47-36(52)30-9-5-6-10-33(30)49-20-18-48(19-21-49)17-7-8-22-56-27-13-14-29-31(23-27)39(55)50(38(29)54)34-15-16-35(51)46-37(34)53/h5-6,9-14,23-24,34,40-41H,7-8,15-22H2,1-4H3,(H,47,52)(H,46,51,53). The summed E-state index contributed by atoms with van der Waals surface area (Å²) in [4.78, 5) is 69.6. The minimum absolute atomic E-state index is 0.0672. The molecule has 5 amide bonds. The van der Waals surface area contributed by atoms with E-state index in [1.54, 1.807) is 36.4 Å². The van der Waals surface area contributed by atoms with Gasteiger partial charge in [-0.3, -0.25) is 39.1 Å². The fraction of sp³-hybridized carbons (Fsp3) is 0.442. The second kappa shape index (κ2) is 15.8. The molecule has 1 atom stereocenters. The van der Waals surface area contributed by atoms with Gasteiger partial charge < -0.3 is 19.7 Å². The van der Waals surface area contributed by atoms with Gasteiger partial charge in [-0.2, -0.15) is 5.26 Å². The zero-order valence-corrected chi connectivity index (χ0v) is 33.4. The van der Waals surface area contributed by atoms with Crippen LogP contribution in [0.4, 0.5) is 5.69 Å². The fourth-order valence-electron chi connectivity index (χ4n) is 9.13. The second-order valence-electron chi connectivity index (χ2n) is 16.4. The molecular formula is C43H47ClN6O7. The van der Waals surface area contributed by atoms with E-state index < -0.39 is 29.7 Å². The van der Waals surface area contributed by atoms with Crippen molar-refractivity contribution >= 4 is 46.8 Å². The zero-order chi connectivity index (χ0) is 40.6. The lowest BCUT2D eigenvalue weighted by atomic mass is 9.49. The lowest BCUT2D eigenvalue weighted by molar-refractivity contribution is -0.164. The van der Waals surface area contributed by atoms with Gasteiger partial charge in [0, 0.05) is 61.2 Å². The molecule has 1 saturated carbocycles. The Morgan fingerprint density at radius 1 is 0.912 bits per heavy atom. The summed E-state index contributed by atoms with van der Waals surface area (Å²) in [6, 6.07) is 18.5. The van der Waals surface area contributed by atoms with Crippen LogP contribution >= 0.6 is 11.6 Å². The van der Waals surface area contributed by atoms with Crippen LogP contribution in [0.3, 0.4) is 0 Å². The van der Waals surface area contributed by atoms with Crippen LogP contribution < -0.4 is 25.0 Å². The first-order valence-corrected chi connectivity index (χ1v) is 19.8. The van der Waals surface area contributed by atoms with Gasteiger partial charge in [-0.05, 0) is 68.3 Å². The molecule has 57 heavy (non-hydrogen) atoms. The number of amides is 5. The molecule has 13 nitrogen and oxygen atoms in total. The molecule has 298 valence electrons. The van der Waals surface area contributed by atoms with Gasteiger partial charge >= 0.3 is 0 Å². The Bertz CT molecular complexity index is 2140. The Morgan fingerprint density at radius 2 is 1.61 bits per heavy atom. The fourth-order valence-corrected chi connectivity index (χ4v) is 9.34. The molecule has 3 fully saturated rings. The zero-order valence-electron chi connectivity index (χ0n) is 32.6. The highest BCUT2D eigenvalue weighted by molar-refractivity contribution is 6.31. The van der Waals surface area contributed by atoms with Gasteiger partial charge in [0.25, 0.3) is 17.7 Å². The molecule has 1 unspecified atom stereocenters. The Labute approximate surface area is 337 Å². The number of benzene rings is 3. The molecule has 4 aliphatic rings. The number of piperidine rings is 1. The highest BCUT2D eigenvalue weighted by Gasteiger charge is 2.64. The number of nitriles is 1. The van der Waals surface area contributed by atoms with Crippen molar-refractivity contribution in [1.82, 2.24) is 20.4 Å². The number of unbranched alkanes of at least 4 members (excludes halogenated alkanes) is 1. The quantitative estimate of drug-likeness (QED) is 0.184. The summed E-state index contributed by atoms with van der Waals surface area (Å²) in [6.07, 6.45) is 1.66. The third kappa shape index (κ3) is 7.68. The van der Waals surface area contributed by atoms with E-state index in [9.17, 15) is 29.2 Å². The van der Waals surface area contributed by atoms with Crippen molar-refractivity contribution in [1.29, 1.82) is 5.26 Å². The average molecular weight is 795 g/mol. The van der Waals surface area contributed by atoms with Crippen LogP contribution in [0.25, 0.3) is 0 Å². The van der Waals surface area contributed by atoms with Crippen LogP contribution in [-0.4, -0.2) is 96.9 Å². The Kier molecular flexibility index (Phi) is 11.0. The van der Waals surface area contributed by atoms with Crippen molar-refractivity contribution in [3.8, 4) is 17.6 Å². The monoisotopic (exact) mass is 794 g/mol. The van der Waals surface area contributed by atoms with Crippen LogP contribution in [0.15, 0.2) is 60.7 Å². The van der Waals surface area contributed by atoms with Crippen LogP contribution in [0.2, 0.25) is 5.02 Å². The third-order valence-electron chi connectivity index (χ3n) is 11.8. The van der Waals surface area contributed by atoms with Gasteiger partial charge in [0.1, 0.15) is 29.7 Å². The molecule has 0 spiro atoms. The van der Waals surface area contributed by atoms with Crippen LogP contribution in [0.5, 0.6) is 11.5 Å². The van der Waals surface area contributed by atoms with Crippen molar-refractivity contribution in [2.75, 3.05) is 44.2 Å². The molecule has 1 aliphatic carbocycles. The maximum Gasteiger partial charge on any atom is 0.262 e. The minimum Gasteiger partial charge on any atom is -0.494 e. The minimum atomic E-state index is -1.01. The molecule has 7 rings (SSSR count). The van der Waals surface area contributed by atoms with Gasteiger partial charge in [-0.1, -0.05) is 51.4 Å². The molecular weight excluding hydrogens is 748 g/mol. The molecule has 2 saturated heterocycles. The van der Waals surface area contributed by atoms with Crippen molar-refractivity contribution in [3.05, 3.63) is 87.9 Å². The van der Waals surface area contributed by atoms with E-state index in [2.05, 4.69) is 54.2 Å². The van der Waals surface area contributed by atoms with Crippen molar-refractivity contribution in [2.45, 2.75) is 71.6 Å². The lowest BCUT2D eigenvalue weighted by Crippen LogP contribution is -2.74. The summed E-state index contributed by atoms with van der Waals surface area (Å²) in [5, 5.41) is 15.1. The molecule has 2 N–H and O–H groups in total. The number of hydrogen-bond donors (Lipinski definition) is 2. The molecule has 3 aromatic carbocycles. The summed E-state index contributed by atoms with van der Waals surface area (Å²) < 4.78 is 12.4. The summed E-state index contributed by atoms with van der Waals surface area (Å²) in [5.74, 6) is -1.22. The maximum absolute atomic E-state index is 13.9. The van der Waals surface area contributed by atoms with E-state index in [0.717, 1.165) is 56.2 Å². The first-order valence-electron chi connectivity index (χ1n) is 19.4. The summed E-state index contributed by atoms with van der Waals surface area (Å²) in [7, 11) is 0. The Balaban J connectivity index is 0.868. The van der Waals surface area contributed by atoms with E-state index in [1.807, 2.05) is 24.3 Å². The largest absolute Gasteiger partial charge is 0.494 e.